The van der Waals surface area contributed by atoms with Crippen molar-refractivity contribution >= 4 is 17.7 Å². The first kappa shape index (κ1) is 25.6. The number of nitrogens with zero attached hydrogens (tertiary/aromatic N) is 4. The van der Waals surface area contributed by atoms with Crippen LogP contribution in [0.3, 0.4) is 0 Å². The van der Waals surface area contributed by atoms with E-state index in [2.05, 4.69) is 15.0 Å². The molecule has 1 saturated heterocycles. The number of aliphatic hydroxyl groups excluding tert-OH is 1. The number of likely N-dealkylation sites (tertiary alicyclic amines) is 1. The van der Waals surface area contributed by atoms with Crippen LogP contribution in [-0.2, 0) is 11.4 Å². The number of methoxy groups -OCH3 is 2. The van der Waals surface area contributed by atoms with Crippen molar-refractivity contribution in [3.05, 3.63) is 47.4 Å². The van der Waals surface area contributed by atoms with Crippen molar-refractivity contribution in [2.45, 2.75) is 25.6 Å². The number of piperidine rings is 1. The molecule has 0 unspecified atom stereocenters. The molecular formula is C22H26F2N6O5. The van der Waals surface area contributed by atoms with Gasteiger partial charge < -0.3 is 35.7 Å². The Bertz CT molecular complexity index is 1090. The number of aliphatic hydroxyl groups is 1. The fourth-order valence-corrected chi connectivity index (χ4v) is 3.28. The summed E-state index contributed by atoms with van der Waals surface area (Å²) in [5, 5.41) is 9.55. The number of carbonyl (C=O) groups is 1. The third kappa shape index (κ3) is 6.32. The Morgan fingerprint density at radius 2 is 1.74 bits per heavy atom. The minimum absolute atomic E-state index is 0.0483. The van der Waals surface area contributed by atoms with Crippen LogP contribution < -0.4 is 25.7 Å². The zero-order valence-corrected chi connectivity index (χ0v) is 19.2. The zero-order valence-electron chi connectivity index (χ0n) is 19.2. The van der Waals surface area contributed by atoms with Crippen LogP contribution in [0.4, 0.5) is 14.7 Å². The fourth-order valence-electron chi connectivity index (χ4n) is 3.28. The average Bonchev–Trinajstić information content (AvgIpc) is 2.85. The molecule has 1 amide bonds. The molecule has 0 radical (unpaired) electrons. The van der Waals surface area contributed by atoms with Crippen LogP contribution in [0.2, 0.25) is 0 Å². The number of carbonyl (C=O) groups excluding carboxylic acids is 1. The Balaban J connectivity index is 1.65. The van der Waals surface area contributed by atoms with Gasteiger partial charge in [0.25, 0.3) is 11.9 Å². The highest BCUT2D eigenvalue weighted by atomic mass is 19.1. The number of amidine groups is 1. The largest absolute Gasteiger partial charge is 0.494 e. The van der Waals surface area contributed by atoms with Crippen LogP contribution in [0.5, 0.6) is 17.2 Å². The van der Waals surface area contributed by atoms with Gasteiger partial charge in [0.05, 0.1) is 38.3 Å². The maximum atomic E-state index is 14.4. The smallest absolute Gasteiger partial charge is 0.269 e. The molecule has 188 valence electrons. The van der Waals surface area contributed by atoms with Gasteiger partial charge in [0.2, 0.25) is 0 Å². The molecule has 1 aromatic heterocycles. The van der Waals surface area contributed by atoms with E-state index in [1.165, 1.54) is 37.6 Å². The van der Waals surface area contributed by atoms with Crippen LogP contribution in [0.15, 0.2) is 35.2 Å². The molecule has 13 heteroatoms. The first-order valence-electron chi connectivity index (χ1n) is 10.6. The molecule has 35 heavy (non-hydrogen) atoms. The van der Waals surface area contributed by atoms with E-state index in [-0.39, 0.29) is 40.3 Å². The molecule has 1 aliphatic heterocycles. The minimum Gasteiger partial charge on any atom is -0.494 e. The number of aliphatic imine (C=N–C) groups is 1. The Morgan fingerprint density at radius 1 is 1.17 bits per heavy atom. The zero-order chi connectivity index (χ0) is 25.5. The molecule has 5 N–H and O–H groups in total. The Labute approximate surface area is 200 Å². The normalized spacial score (nSPS) is 15.2. The molecule has 1 fully saturated rings. The SMILES string of the molecule is COc1cc(OC)c(F)c(COc2cnc(/N=C(N)\C=C(/N)C(=O)N3CCC(O)CC3)nc2)c1F. The van der Waals surface area contributed by atoms with E-state index in [9.17, 15) is 18.7 Å². The fraction of sp³-hybridized carbons (Fsp3) is 0.364. The Kier molecular flexibility index (Phi) is 8.36. The molecule has 2 aromatic rings. The van der Waals surface area contributed by atoms with Crippen molar-refractivity contribution in [3.8, 4) is 17.2 Å². The van der Waals surface area contributed by atoms with Crippen molar-refractivity contribution in [3.63, 3.8) is 0 Å². The van der Waals surface area contributed by atoms with Crippen molar-refractivity contribution in [1.29, 1.82) is 0 Å². The van der Waals surface area contributed by atoms with Crippen LogP contribution in [0.25, 0.3) is 0 Å². The molecule has 3 rings (SSSR count). The lowest BCUT2D eigenvalue weighted by Crippen LogP contribution is -2.42. The second-order valence-corrected chi connectivity index (χ2v) is 7.55. The quantitative estimate of drug-likeness (QED) is 0.279. The third-order valence-electron chi connectivity index (χ3n) is 5.19. The summed E-state index contributed by atoms with van der Waals surface area (Å²) in [7, 11) is 2.49. The Morgan fingerprint density at radius 3 is 2.29 bits per heavy atom. The topological polar surface area (TPSA) is 158 Å². The van der Waals surface area contributed by atoms with Gasteiger partial charge in [-0.1, -0.05) is 0 Å². The summed E-state index contributed by atoms with van der Waals surface area (Å²) in [6.45, 7) is 0.313. The van der Waals surface area contributed by atoms with E-state index >= 15 is 0 Å². The number of ether oxygens (including phenoxy) is 3. The number of aromatic nitrogens is 2. The molecule has 1 aliphatic rings. The van der Waals surface area contributed by atoms with E-state index in [0.717, 1.165) is 6.07 Å². The maximum absolute atomic E-state index is 14.4. The van der Waals surface area contributed by atoms with Crippen molar-refractivity contribution in [1.82, 2.24) is 14.9 Å². The summed E-state index contributed by atoms with van der Waals surface area (Å²) in [5.41, 5.74) is 11.2. The number of benzene rings is 1. The van der Waals surface area contributed by atoms with Crippen molar-refractivity contribution in [2.75, 3.05) is 27.3 Å². The number of hydrogen-bond acceptors (Lipinski definition) is 9. The number of nitrogens with two attached hydrogens (primary N) is 2. The van der Waals surface area contributed by atoms with Crippen molar-refractivity contribution in [2.24, 2.45) is 16.5 Å². The lowest BCUT2D eigenvalue weighted by Gasteiger charge is -2.29. The van der Waals surface area contributed by atoms with Gasteiger partial charge >= 0.3 is 0 Å². The molecule has 0 atom stereocenters. The minimum atomic E-state index is -0.916. The predicted octanol–water partition coefficient (Wildman–Crippen LogP) is 1.17. The van der Waals surface area contributed by atoms with Crippen LogP contribution in [0.1, 0.15) is 18.4 Å². The molecule has 11 nitrogen and oxygen atoms in total. The molecule has 2 heterocycles. The molecule has 1 aromatic carbocycles. The van der Waals surface area contributed by atoms with E-state index in [4.69, 9.17) is 25.7 Å². The van der Waals surface area contributed by atoms with Crippen molar-refractivity contribution < 1.29 is 32.9 Å². The monoisotopic (exact) mass is 492 g/mol. The summed E-state index contributed by atoms with van der Waals surface area (Å²) in [5.74, 6) is -2.67. The predicted molar refractivity (Wildman–Crippen MR) is 121 cm³/mol. The lowest BCUT2D eigenvalue weighted by molar-refractivity contribution is -0.129. The van der Waals surface area contributed by atoms with Gasteiger partial charge in [-0.3, -0.25) is 4.79 Å². The highest BCUT2D eigenvalue weighted by Crippen LogP contribution is 2.32. The van der Waals surface area contributed by atoms with E-state index in [0.29, 0.717) is 25.9 Å². The highest BCUT2D eigenvalue weighted by Gasteiger charge is 2.23. The first-order chi connectivity index (χ1) is 16.7. The molecular weight excluding hydrogens is 466 g/mol. The molecule has 0 spiro atoms. The average molecular weight is 492 g/mol. The molecule has 0 aliphatic carbocycles. The van der Waals surface area contributed by atoms with Gasteiger partial charge in [-0.2, -0.15) is 4.99 Å². The Hall–Kier alpha value is -4.00. The number of hydrogen-bond donors (Lipinski definition) is 3. The van der Waals surface area contributed by atoms with E-state index < -0.39 is 30.3 Å². The van der Waals surface area contributed by atoms with Gasteiger partial charge in [-0.25, -0.2) is 18.7 Å². The number of halogens is 2. The van der Waals surface area contributed by atoms with E-state index in [1.807, 2.05) is 0 Å². The van der Waals surface area contributed by atoms with Gasteiger partial charge in [0.1, 0.15) is 18.1 Å². The second-order valence-electron chi connectivity index (χ2n) is 7.55. The van der Waals surface area contributed by atoms with Gasteiger partial charge in [-0.15, -0.1) is 0 Å². The van der Waals surface area contributed by atoms with Crippen LogP contribution >= 0.6 is 0 Å². The van der Waals surface area contributed by atoms with Gasteiger partial charge in [0.15, 0.2) is 28.9 Å². The number of rotatable bonds is 8. The summed E-state index contributed by atoms with van der Waals surface area (Å²) in [4.78, 5) is 25.8. The maximum Gasteiger partial charge on any atom is 0.269 e. The first-order valence-corrected chi connectivity index (χ1v) is 10.6. The van der Waals surface area contributed by atoms with Crippen LogP contribution in [-0.4, -0.2) is 65.1 Å². The summed E-state index contributed by atoms with van der Waals surface area (Å²) < 4.78 is 44.1. The number of amides is 1. The summed E-state index contributed by atoms with van der Waals surface area (Å²) in [6.07, 6.45) is 4.22. The molecule has 0 bridgehead atoms. The highest BCUT2D eigenvalue weighted by molar-refractivity contribution is 6.02. The third-order valence-corrected chi connectivity index (χ3v) is 5.19. The van der Waals surface area contributed by atoms with Gasteiger partial charge in [0, 0.05) is 25.2 Å². The van der Waals surface area contributed by atoms with Crippen LogP contribution in [0, 0.1) is 11.6 Å². The second kappa shape index (κ2) is 11.4. The summed E-state index contributed by atoms with van der Waals surface area (Å²) in [6, 6.07) is 1.10. The molecule has 0 saturated carbocycles. The van der Waals surface area contributed by atoms with E-state index in [1.54, 1.807) is 0 Å². The summed E-state index contributed by atoms with van der Waals surface area (Å²) >= 11 is 0. The lowest BCUT2D eigenvalue weighted by atomic mass is 10.1. The van der Waals surface area contributed by atoms with Gasteiger partial charge in [-0.05, 0) is 12.8 Å². The standard InChI is InChI=1S/C22H26F2N6O5/c1-33-16-8-17(34-2)20(24)14(19(16)23)11-35-13-9-27-22(28-10-13)29-18(26)7-15(25)21(32)30-5-3-12(31)4-6-30/h7-10,12,31H,3-6,11,25H2,1-2H3,(H2,26,27,28,29)/b15-7-.